The van der Waals surface area contributed by atoms with E-state index in [2.05, 4.69) is 5.32 Å². The summed E-state index contributed by atoms with van der Waals surface area (Å²) in [6.07, 6.45) is -0.679. The molecule has 1 aliphatic rings. The highest BCUT2D eigenvalue weighted by Crippen LogP contribution is 2.27. The van der Waals surface area contributed by atoms with Gasteiger partial charge in [-0.15, -0.1) is 0 Å². The number of benzene rings is 1. The van der Waals surface area contributed by atoms with Crippen LogP contribution in [0.15, 0.2) is 18.2 Å². The Balaban J connectivity index is 2.02. The molecule has 0 aromatic heterocycles. The predicted octanol–water partition coefficient (Wildman–Crippen LogP) is 2.12. The molecule has 8 heteroatoms. The van der Waals surface area contributed by atoms with Crippen molar-refractivity contribution in [2.24, 2.45) is 0 Å². The van der Waals surface area contributed by atoms with E-state index in [-0.39, 0.29) is 19.6 Å². The number of carboxylic acids is 1. The van der Waals surface area contributed by atoms with E-state index in [1.54, 1.807) is 12.1 Å². The fraction of sp³-hybridized carbons (Fsp3) is 0.429. The van der Waals surface area contributed by atoms with Crippen molar-refractivity contribution >= 4 is 35.1 Å². The minimum absolute atomic E-state index is 0.0619. The SMILES string of the molecule is CC(Oc1ccc(Cl)c(Cl)c1)C(=O)NC1(C(=O)O)CCOC1. The number of ether oxygens (including phenoxy) is 2. The first-order chi connectivity index (χ1) is 10.3. The first-order valence-corrected chi connectivity index (χ1v) is 7.34. The highest BCUT2D eigenvalue weighted by atomic mass is 35.5. The van der Waals surface area contributed by atoms with Crippen molar-refractivity contribution in [2.75, 3.05) is 13.2 Å². The van der Waals surface area contributed by atoms with Gasteiger partial charge in [-0.3, -0.25) is 4.79 Å². The molecule has 0 radical (unpaired) electrons. The average molecular weight is 348 g/mol. The summed E-state index contributed by atoms with van der Waals surface area (Å²) in [5, 5.41) is 12.5. The molecule has 6 nitrogen and oxygen atoms in total. The molecule has 2 rings (SSSR count). The van der Waals surface area contributed by atoms with Gasteiger partial charge in [-0.1, -0.05) is 23.2 Å². The third-order valence-corrected chi connectivity index (χ3v) is 4.11. The Bertz CT molecular complexity index is 587. The number of amides is 1. The lowest BCUT2D eigenvalue weighted by Crippen LogP contribution is -2.57. The highest BCUT2D eigenvalue weighted by molar-refractivity contribution is 6.42. The molecule has 120 valence electrons. The molecule has 2 unspecified atom stereocenters. The van der Waals surface area contributed by atoms with Crippen LogP contribution in [-0.2, 0) is 14.3 Å². The molecule has 2 atom stereocenters. The van der Waals surface area contributed by atoms with Gasteiger partial charge in [0.15, 0.2) is 11.6 Å². The summed E-state index contributed by atoms with van der Waals surface area (Å²) in [7, 11) is 0. The standard InChI is InChI=1S/C14H15Cl2NO5/c1-8(22-9-2-3-10(15)11(16)6-9)12(18)17-14(13(19)20)4-5-21-7-14/h2-3,6,8H,4-5,7H2,1H3,(H,17,18)(H,19,20). The zero-order valence-electron chi connectivity index (χ0n) is 11.8. The lowest BCUT2D eigenvalue weighted by molar-refractivity contribution is -0.148. The van der Waals surface area contributed by atoms with Crippen molar-refractivity contribution in [1.82, 2.24) is 5.32 Å². The van der Waals surface area contributed by atoms with Crippen molar-refractivity contribution < 1.29 is 24.2 Å². The zero-order valence-corrected chi connectivity index (χ0v) is 13.3. The number of aliphatic carboxylic acids is 1. The molecule has 22 heavy (non-hydrogen) atoms. The number of hydrogen-bond donors (Lipinski definition) is 2. The second-order valence-corrected chi connectivity index (χ2v) is 5.83. The third-order valence-electron chi connectivity index (χ3n) is 3.37. The zero-order chi connectivity index (χ0) is 16.3. The van der Waals surface area contributed by atoms with E-state index in [1.807, 2.05) is 0 Å². The fourth-order valence-electron chi connectivity index (χ4n) is 2.03. The van der Waals surface area contributed by atoms with Crippen molar-refractivity contribution in [3.63, 3.8) is 0 Å². The number of halogens is 2. The number of rotatable bonds is 5. The number of nitrogens with one attached hydrogen (secondary N) is 1. The number of carbonyl (C=O) groups excluding carboxylic acids is 1. The summed E-state index contributed by atoms with van der Waals surface area (Å²) in [5.74, 6) is -1.30. The summed E-state index contributed by atoms with van der Waals surface area (Å²) < 4.78 is 10.5. The lowest BCUT2D eigenvalue weighted by atomic mass is 9.98. The van der Waals surface area contributed by atoms with Gasteiger partial charge < -0.3 is 19.9 Å². The maximum absolute atomic E-state index is 12.2. The Labute approximate surface area is 137 Å². The van der Waals surface area contributed by atoms with Crippen LogP contribution in [0.5, 0.6) is 5.75 Å². The van der Waals surface area contributed by atoms with Crippen LogP contribution in [0.2, 0.25) is 10.0 Å². The molecule has 1 heterocycles. The van der Waals surface area contributed by atoms with E-state index in [1.165, 1.54) is 13.0 Å². The van der Waals surface area contributed by atoms with Crippen LogP contribution < -0.4 is 10.1 Å². The molecule has 0 aliphatic carbocycles. The maximum atomic E-state index is 12.2. The number of carboxylic acid groups (broad SMARTS) is 1. The van der Waals surface area contributed by atoms with Crippen molar-refractivity contribution in [1.29, 1.82) is 0 Å². The van der Waals surface area contributed by atoms with E-state index in [0.717, 1.165) is 0 Å². The molecule has 2 N–H and O–H groups in total. The minimum atomic E-state index is -1.40. The summed E-state index contributed by atoms with van der Waals surface area (Å²) >= 11 is 11.7. The monoisotopic (exact) mass is 347 g/mol. The van der Waals surface area contributed by atoms with Crippen LogP contribution in [0.4, 0.5) is 0 Å². The van der Waals surface area contributed by atoms with E-state index >= 15 is 0 Å². The average Bonchev–Trinajstić information content (AvgIpc) is 2.92. The molecule has 1 saturated heterocycles. The van der Waals surface area contributed by atoms with Gasteiger partial charge in [0.05, 0.1) is 16.7 Å². The van der Waals surface area contributed by atoms with Gasteiger partial charge in [-0.2, -0.15) is 0 Å². The first-order valence-electron chi connectivity index (χ1n) is 6.59. The molecular weight excluding hydrogens is 333 g/mol. The van der Waals surface area contributed by atoms with Crippen LogP contribution in [0.3, 0.4) is 0 Å². The smallest absolute Gasteiger partial charge is 0.331 e. The van der Waals surface area contributed by atoms with Gasteiger partial charge in [0.2, 0.25) is 0 Å². The van der Waals surface area contributed by atoms with Gasteiger partial charge in [-0.25, -0.2) is 4.79 Å². The predicted molar refractivity (Wildman–Crippen MR) is 80.5 cm³/mol. The molecule has 0 spiro atoms. The largest absolute Gasteiger partial charge is 0.481 e. The summed E-state index contributed by atoms with van der Waals surface area (Å²) in [6.45, 7) is 1.74. The molecule has 0 saturated carbocycles. The Morgan fingerprint density at radius 1 is 1.41 bits per heavy atom. The van der Waals surface area contributed by atoms with E-state index in [4.69, 9.17) is 32.7 Å². The Morgan fingerprint density at radius 2 is 2.14 bits per heavy atom. The molecule has 1 aromatic rings. The van der Waals surface area contributed by atoms with E-state index in [9.17, 15) is 14.7 Å². The molecule has 1 fully saturated rings. The number of hydrogen-bond acceptors (Lipinski definition) is 4. The molecule has 0 bridgehead atoms. The van der Waals surface area contributed by atoms with Gasteiger partial charge in [-0.05, 0) is 19.1 Å². The molecule has 1 amide bonds. The second-order valence-electron chi connectivity index (χ2n) is 5.02. The van der Waals surface area contributed by atoms with Crippen molar-refractivity contribution in [2.45, 2.75) is 25.0 Å². The Hall–Kier alpha value is -1.50. The van der Waals surface area contributed by atoms with Gasteiger partial charge >= 0.3 is 5.97 Å². The number of carbonyl (C=O) groups is 2. The normalized spacial score (nSPS) is 22.1. The highest BCUT2D eigenvalue weighted by Gasteiger charge is 2.44. The third kappa shape index (κ3) is 3.63. The molecule has 1 aliphatic heterocycles. The first kappa shape index (κ1) is 16.9. The van der Waals surface area contributed by atoms with Crippen molar-refractivity contribution in [3.8, 4) is 5.75 Å². The van der Waals surface area contributed by atoms with Crippen LogP contribution in [0.1, 0.15) is 13.3 Å². The van der Waals surface area contributed by atoms with Crippen LogP contribution in [0.25, 0.3) is 0 Å². The fourth-order valence-corrected chi connectivity index (χ4v) is 2.32. The summed E-state index contributed by atoms with van der Waals surface area (Å²) in [4.78, 5) is 23.5. The lowest BCUT2D eigenvalue weighted by Gasteiger charge is -2.25. The van der Waals surface area contributed by atoms with E-state index in [0.29, 0.717) is 15.8 Å². The topological polar surface area (TPSA) is 84.9 Å². The summed E-state index contributed by atoms with van der Waals surface area (Å²) in [6, 6.07) is 4.61. The molecule has 1 aromatic carbocycles. The Morgan fingerprint density at radius 3 is 2.68 bits per heavy atom. The summed E-state index contributed by atoms with van der Waals surface area (Å²) in [5.41, 5.74) is -1.40. The van der Waals surface area contributed by atoms with Crippen molar-refractivity contribution in [3.05, 3.63) is 28.2 Å². The van der Waals surface area contributed by atoms with Crippen LogP contribution in [-0.4, -0.2) is 41.8 Å². The molecular formula is C14H15Cl2NO5. The van der Waals surface area contributed by atoms with Gasteiger partial charge in [0.1, 0.15) is 5.75 Å². The minimum Gasteiger partial charge on any atom is -0.481 e. The van der Waals surface area contributed by atoms with Crippen LogP contribution in [0, 0.1) is 0 Å². The van der Waals surface area contributed by atoms with E-state index < -0.39 is 23.5 Å². The van der Waals surface area contributed by atoms with Gasteiger partial charge in [0, 0.05) is 19.1 Å². The quantitative estimate of drug-likeness (QED) is 0.852. The van der Waals surface area contributed by atoms with Crippen LogP contribution >= 0.6 is 23.2 Å². The second kappa shape index (κ2) is 6.73. The van der Waals surface area contributed by atoms with Gasteiger partial charge in [0.25, 0.3) is 5.91 Å². The Kier molecular flexibility index (Phi) is 5.16. The maximum Gasteiger partial charge on any atom is 0.331 e.